The van der Waals surface area contributed by atoms with E-state index >= 15 is 0 Å². The third-order valence-electron chi connectivity index (χ3n) is 5.50. The van der Waals surface area contributed by atoms with Crippen LogP contribution in [0.5, 0.6) is 17.2 Å². The van der Waals surface area contributed by atoms with Gasteiger partial charge < -0.3 is 19.5 Å². The maximum Gasteiger partial charge on any atom is 0.343 e. The van der Waals surface area contributed by atoms with Crippen LogP contribution in [0.4, 0.5) is 5.69 Å². The minimum Gasteiger partial charge on any atom is -0.494 e. The molecule has 4 rings (SSSR count). The summed E-state index contributed by atoms with van der Waals surface area (Å²) in [5, 5.41) is 8.23. The second kappa shape index (κ2) is 12.9. The molecule has 0 aliphatic heterocycles. The first-order chi connectivity index (χ1) is 19.0. The number of hydrazone groups is 1. The van der Waals surface area contributed by atoms with E-state index in [0.717, 1.165) is 10.8 Å². The highest BCUT2D eigenvalue weighted by Crippen LogP contribution is 2.29. The van der Waals surface area contributed by atoms with Crippen molar-refractivity contribution >= 4 is 40.5 Å². The Morgan fingerprint density at radius 3 is 2.31 bits per heavy atom. The maximum absolute atomic E-state index is 12.6. The van der Waals surface area contributed by atoms with Crippen molar-refractivity contribution < 1.29 is 28.6 Å². The summed E-state index contributed by atoms with van der Waals surface area (Å²) in [5.74, 6) is -1.12. The van der Waals surface area contributed by atoms with Crippen molar-refractivity contribution in [1.29, 1.82) is 0 Å². The third-order valence-corrected chi connectivity index (χ3v) is 5.50. The number of hydrogen-bond acceptors (Lipinski definition) is 7. The first-order valence-corrected chi connectivity index (χ1v) is 12.3. The van der Waals surface area contributed by atoms with Crippen LogP contribution in [-0.4, -0.2) is 37.2 Å². The Kier molecular flexibility index (Phi) is 8.87. The largest absolute Gasteiger partial charge is 0.494 e. The Balaban J connectivity index is 1.38. The van der Waals surface area contributed by atoms with Crippen LogP contribution < -0.4 is 25.0 Å². The first-order valence-electron chi connectivity index (χ1n) is 12.3. The minimum absolute atomic E-state index is 0.228. The fraction of sp³-hybridized carbons (Fsp3) is 0.133. The molecule has 9 heteroatoms. The van der Waals surface area contributed by atoms with Gasteiger partial charge in [-0.15, -0.1) is 0 Å². The molecule has 0 aliphatic rings. The summed E-state index contributed by atoms with van der Waals surface area (Å²) >= 11 is 0. The second-order valence-corrected chi connectivity index (χ2v) is 8.17. The SMILES string of the molecule is CCOc1ccc(C(=O)Oc2ccc(/C=N/NC(=O)C(=O)Nc3cccc4ccccc34)cc2OCC)cc1. The molecule has 198 valence electrons. The fourth-order valence-corrected chi connectivity index (χ4v) is 3.70. The molecule has 0 bridgehead atoms. The topological polar surface area (TPSA) is 115 Å². The number of benzene rings is 4. The van der Waals surface area contributed by atoms with Gasteiger partial charge in [0.2, 0.25) is 0 Å². The summed E-state index contributed by atoms with van der Waals surface area (Å²) in [7, 11) is 0. The molecule has 0 aliphatic carbocycles. The molecule has 0 fully saturated rings. The summed E-state index contributed by atoms with van der Waals surface area (Å²) in [6.07, 6.45) is 1.35. The van der Waals surface area contributed by atoms with Crippen LogP contribution in [0, 0.1) is 0 Å². The lowest BCUT2D eigenvalue weighted by Gasteiger charge is -2.11. The summed E-state index contributed by atoms with van der Waals surface area (Å²) in [5.41, 5.74) is 3.64. The molecule has 0 unspecified atom stereocenters. The number of esters is 1. The van der Waals surface area contributed by atoms with Crippen LogP contribution >= 0.6 is 0 Å². The molecule has 39 heavy (non-hydrogen) atoms. The average molecular weight is 526 g/mol. The number of carbonyl (C=O) groups is 3. The Hall–Kier alpha value is -5.18. The Labute approximate surface area is 225 Å². The molecule has 0 radical (unpaired) electrons. The standard InChI is InChI=1S/C30H27N3O6/c1-3-37-23-15-13-22(14-16-23)30(36)39-26-17-12-20(18-27(26)38-4-2)19-31-33-29(35)28(34)32-25-11-7-9-21-8-5-6-10-24(21)25/h5-19H,3-4H2,1-2H3,(H,32,34)(H,33,35)/b31-19+. The van der Waals surface area contributed by atoms with Crippen molar-refractivity contribution in [2.75, 3.05) is 18.5 Å². The maximum atomic E-state index is 12.6. The lowest BCUT2D eigenvalue weighted by Crippen LogP contribution is -2.32. The van der Waals surface area contributed by atoms with Crippen LogP contribution in [0.15, 0.2) is 90.0 Å². The van der Waals surface area contributed by atoms with Crippen molar-refractivity contribution in [3.05, 3.63) is 96.1 Å². The quantitative estimate of drug-likeness (QED) is 0.105. The van der Waals surface area contributed by atoms with E-state index < -0.39 is 17.8 Å². The Morgan fingerprint density at radius 1 is 0.795 bits per heavy atom. The number of anilines is 1. The number of carbonyl (C=O) groups excluding carboxylic acids is 3. The van der Waals surface area contributed by atoms with Crippen LogP contribution in [0.3, 0.4) is 0 Å². The van der Waals surface area contributed by atoms with Gasteiger partial charge in [-0.3, -0.25) is 9.59 Å². The first kappa shape index (κ1) is 26.9. The zero-order valence-corrected chi connectivity index (χ0v) is 21.5. The summed E-state index contributed by atoms with van der Waals surface area (Å²) in [6.45, 7) is 4.54. The molecule has 2 amide bonds. The smallest absolute Gasteiger partial charge is 0.343 e. The molecule has 0 aromatic heterocycles. The van der Waals surface area contributed by atoms with Gasteiger partial charge in [0.15, 0.2) is 11.5 Å². The van der Waals surface area contributed by atoms with E-state index in [-0.39, 0.29) is 5.75 Å². The van der Waals surface area contributed by atoms with Crippen molar-refractivity contribution in [1.82, 2.24) is 5.43 Å². The molecule has 4 aromatic carbocycles. The molecule has 4 aromatic rings. The Bertz CT molecular complexity index is 1510. The van der Waals surface area contributed by atoms with Gasteiger partial charge in [-0.2, -0.15) is 5.10 Å². The van der Waals surface area contributed by atoms with E-state index in [4.69, 9.17) is 14.2 Å². The van der Waals surface area contributed by atoms with Crippen molar-refractivity contribution in [2.24, 2.45) is 5.10 Å². The average Bonchev–Trinajstić information content (AvgIpc) is 2.95. The molecular formula is C30H27N3O6. The normalized spacial score (nSPS) is 10.7. The van der Waals surface area contributed by atoms with Crippen LogP contribution in [0.25, 0.3) is 10.8 Å². The second-order valence-electron chi connectivity index (χ2n) is 8.17. The van der Waals surface area contributed by atoms with E-state index in [1.165, 1.54) is 6.21 Å². The lowest BCUT2D eigenvalue weighted by atomic mass is 10.1. The van der Waals surface area contributed by atoms with E-state index in [9.17, 15) is 14.4 Å². The predicted molar refractivity (Wildman–Crippen MR) is 148 cm³/mol. The predicted octanol–water partition coefficient (Wildman–Crippen LogP) is 4.95. The van der Waals surface area contributed by atoms with Crippen molar-refractivity contribution in [3.63, 3.8) is 0 Å². The molecule has 9 nitrogen and oxygen atoms in total. The van der Waals surface area contributed by atoms with E-state index in [0.29, 0.717) is 41.5 Å². The summed E-state index contributed by atoms with van der Waals surface area (Å²) < 4.78 is 16.5. The van der Waals surface area contributed by atoms with Gasteiger partial charge in [0.05, 0.1) is 25.0 Å². The fourth-order valence-electron chi connectivity index (χ4n) is 3.70. The highest BCUT2D eigenvalue weighted by Gasteiger charge is 2.15. The minimum atomic E-state index is -0.926. The number of rotatable bonds is 9. The molecule has 0 atom stereocenters. The zero-order chi connectivity index (χ0) is 27.6. The van der Waals surface area contributed by atoms with Gasteiger partial charge in [-0.1, -0.05) is 36.4 Å². The summed E-state index contributed by atoms with van der Waals surface area (Å²) in [4.78, 5) is 37.3. The molecular weight excluding hydrogens is 498 g/mol. The number of nitrogens with zero attached hydrogens (tertiary/aromatic N) is 1. The van der Waals surface area contributed by atoms with Gasteiger partial charge in [0.1, 0.15) is 5.75 Å². The van der Waals surface area contributed by atoms with Gasteiger partial charge >= 0.3 is 17.8 Å². The van der Waals surface area contributed by atoms with E-state index in [1.54, 1.807) is 61.5 Å². The van der Waals surface area contributed by atoms with Crippen LogP contribution in [-0.2, 0) is 9.59 Å². The molecule has 0 saturated heterocycles. The number of amides is 2. The van der Waals surface area contributed by atoms with Gasteiger partial charge in [0, 0.05) is 11.1 Å². The van der Waals surface area contributed by atoms with Crippen LogP contribution in [0.2, 0.25) is 0 Å². The Morgan fingerprint density at radius 2 is 1.54 bits per heavy atom. The molecule has 0 spiro atoms. The van der Waals surface area contributed by atoms with Gasteiger partial charge in [-0.25, -0.2) is 10.2 Å². The van der Waals surface area contributed by atoms with Gasteiger partial charge in [0.25, 0.3) is 0 Å². The highest BCUT2D eigenvalue weighted by molar-refractivity contribution is 6.40. The molecule has 2 N–H and O–H groups in total. The lowest BCUT2D eigenvalue weighted by molar-refractivity contribution is -0.136. The van der Waals surface area contributed by atoms with E-state index in [2.05, 4.69) is 15.8 Å². The monoisotopic (exact) mass is 525 g/mol. The van der Waals surface area contributed by atoms with E-state index in [1.807, 2.05) is 37.3 Å². The molecule has 0 heterocycles. The van der Waals surface area contributed by atoms with Gasteiger partial charge in [-0.05, 0) is 73.3 Å². The van der Waals surface area contributed by atoms with Crippen molar-refractivity contribution in [3.8, 4) is 17.2 Å². The number of hydrogen-bond donors (Lipinski definition) is 2. The third kappa shape index (κ3) is 6.98. The van der Waals surface area contributed by atoms with Crippen LogP contribution in [0.1, 0.15) is 29.8 Å². The number of nitrogens with one attached hydrogen (secondary N) is 2. The number of fused-ring (bicyclic) bond motifs is 1. The number of ether oxygens (including phenoxy) is 3. The molecule has 0 saturated carbocycles. The highest BCUT2D eigenvalue weighted by atomic mass is 16.6. The zero-order valence-electron chi connectivity index (χ0n) is 21.5. The van der Waals surface area contributed by atoms with Crippen molar-refractivity contribution in [2.45, 2.75) is 13.8 Å². The summed E-state index contributed by atoms with van der Waals surface area (Å²) in [6, 6.07) is 24.4.